The third-order valence-electron chi connectivity index (χ3n) is 8.93. The third kappa shape index (κ3) is 7.10. The molecule has 1 aliphatic carbocycles. The zero-order valence-corrected chi connectivity index (χ0v) is 29.4. The normalized spacial score (nSPS) is 13.6. The Balaban J connectivity index is 0.000000274. The maximum atomic E-state index is 11.7. The van der Waals surface area contributed by atoms with Gasteiger partial charge in [-0.1, -0.05) is 89.9 Å². The van der Waals surface area contributed by atoms with E-state index in [2.05, 4.69) is 63.0 Å². The van der Waals surface area contributed by atoms with Crippen molar-refractivity contribution in [2.45, 2.75) is 92.9 Å². The molecule has 0 aliphatic heterocycles. The van der Waals surface area contributed by atoms with Crippen LogP contribution in [0.15, 0.2) is 60.8 Å². The zero-order chi connectivity index (χ0) is 30.6. The summed E-state index contributed by atoms with van der Waals surface area (Å²) in [4.78, 5) is 21.2. The number of pyridine rings is 2. The monoisotopic (exact) mass is 756 g/mol. The first-order chi connectivity index (χ1) is 20.1. The first kappa shape index (κ1) is 34.6. The van der Waals surface area contributed by atoms with E-state index in [0.29, 0.717) is 5.92 Å². The van der Waals surface area contributed by atoms with Crippen LogP contribution in [0, 0.1) is 23.8 Å². The van der Waals surface area contributed by atoms with Gasteiger partial charge in [-0.25, -0.2) is 0 Å². The molecule has 231 valence electrons. The van der Waals surface area contributed by atoms with Crippen molar-refractivity contribution in [1.82, 2.24) is 9.97 Å². The van der Waals surface area contributed by atoms with E-state index in [0.717, 1.165) is 48.7 Å². The van der Waals surface area contributed by atoms with Crippen molar-refractivity contribution in [3.8, 4) is 11.3 Å². The summed E-state index contributed by atoms with van der Waals surface area (Å²) in [6, 6.07) is 14.4. The van der Waals surface area contributed by atoms with E-state index in [1.165, 1.54) is 38.9 Å². The van der Waals surface area contributed by atoms with Crippen molar-refractivity contribution in [1.29, 1.82) is 0 Å². The van der Waals surface area contributed by atoms with Crippen LogP contribution in [0.3, 0.4) is 0 Å². The Morgan fingerprint density at radius 2 is 1.63 bits per heavy atom. The number of aliphatic hydroxyl groups is 1. The summed E-state index contributed by atoms with van der Waals surface area (Å²) < 4.78 is 0. The number of hydrogen-bond acceptors (Lipinski definition) is 4. The van der Waals surface area contributed by atoms with Crippen LogP contribution in [0.4, 0.5) is 0 Å². The second-order valence-corrected chi connectivity index (χ2v) is 12.6. The number of hydrogen-bond donors (Lipinski definition) is 1. The van der Waals surface area contributed by atoms with Crippen LogP contribution in [0.25, 0.3) is 32.8 Å². The van der Waals surface area contributed by atoms with Crippen LogP contribution in [0.2, 0.25) is 0 Å². The molecule has 2 heterocycles. The maximum Gasteiger partial charge on any atom is 0.162 e. The fourth-order valence-electron chi connectivity index (χ4n) is 6.42. The van der Waals surface area contributed by atoms with Crippen molar-refractivity contribution < 1.29 is 30.0 Å². The van der Waals surface area contributed by atoms with Crippen molar-refractivity contribution >= 4 is 27.3 Å². The van der Waals surface area contributed by atoms with Crippen molar-refractivity contribution in [2.75, 3.05) is 0 Å². The molecule has 4 nitrogen and oxygen atoms in total. The average molecular weight is 756 g/mol. The fourth-order valence-corrected chi connectivity index (χ4v) is 6.42. The Kier molecular flexibility index (Phi) is 11.9. The number of nitrogens with zero attached hydrogens (tertiary/aromatic N) is 2. The smallest absolute Gasteiger partial charge is 0.162 e. The van der Waals surface area contributed by atoms with Crippen LogP contribution in [0.1, 0.15) is 97.8 Å². The molecule has 0 saturated carbocycles. The van der Waals surface area contributed by atoms with Gasteiger partial charge < -0.3 is 10.1 Å². The number of benzene rings is 2. The Morgan fingerprint density at radius 1 is 0.953 bits per heavy atom. The summed E-state index contributed by atoms with van der Waals surface area (Å²) >= 11 is 0. The summed E-state index contributed by atoms with van der Waals surface area (Å²) in [6.45, 7) is 17.2. The molecule has 0 saturated heterocycles. The van der Waals surface area contributed by atoms with E-state index in [1.54, 1.807) is 0 Å². The number of carbonyl (C=O) groups excluding carboxylic acids is 1. The molecule has 0 atom stereocenters. The summed E-state index contributed by atoms with van der Waals surface area (Å²) in [7, 11) is 0. The predicted octanol–water partition coefficient (Wildman–Crippen LogP) is 9.96. The molecular weight excluding hydrogens is 709 g/mol. The SMILES string of the molecule is CC(C)Cc1ccc2cnc3c(c2c1)C(C)(C)c1cncc2cc[c-]c-3c12.CCC(CC)C(=O)/C=C(\O)C(CC)CC.[Ir]. The minimum Gasteiger partial charge on any atom is -0.512 e. The zero-order valence-electron chi connectivity index (χ0n) is 27.0. The first-order valence-electron chi connectivity index (χ1n) is 15.7. The van der Waals surface area contributed by atoms with Gasteiger partial charge in [0, 0.05) is 62.0 Å². The Morgan fingerprint density at radius 3 is 2.26 bits per heavy atom. The molecule has 0 bridgehead atoms. The van der Waals surface area contributed by atoms with E-state index >= 15 is 0 Å². The van der Waals surface area contributed by atoms with Gasteiger partial charge >= 0.3 is 0 Å². The number of allylic oxidation sites excluding steroid dienone is 2. The molecule has 0 unspecified atom stereocenters. The summed E-state index contributed by atoms with van der Waals surface area (Å²) in [5, 5.41) is 14.7. The first-order valence-corrected chi connectivity index (χ1v) is 15.7. The number of ketones is 1. The van der Waals surface area contributed by atoms with Crippen molar-refractivity contribution in [3.05, 3.63) is 83.5 Å². The molecule has 1 radical (unpaired) electrons. The molecular formula is C38H47IrN2O2-. The van der Waals surface area contributed by atoms with Crippen LogP contribution in [-0.2, 0) is 36.7 Å². The van der Waals surface area contributed by atoms with Gasteiger partial charge in [-0.15, -0.1) is 23.8 Å². The number of aliphatic hydroxyl groups excluding tert-OH is 1. The van der Waals surface area contributed by atoms with Crippen LogP contribution in [0.5, 0.6) is 0 Å². The van der Waals surface area contributed by atoms with Gasteiger partial charge in [-0.3, -0.25) is 9.78 Å². The Hall–Kier alpha value is -2.88. The number of rotatable bonds is 9. The van der Waals surface area contributed by atoms with Gasteiger partial charge in [0.15, 0.2) is 5.78 Å². The van der Waals surface area contributed by atoms with Crippen LogP contribution < -0.4 is 0 Å². The average Bonchev–Trinajstić information content (AvgIpc) is 2.96. The molecule has 4 aromatic rings. The molecule has 5 rings (SSSR count). The summed E-state index contributed by atoms with van der Waals surface area (Å²) in [5.41, 5.74) is 5.97. The van der Waals surface area contributed by atoms with Crippen LogP contribution in [-0.4, -0.2) is 20.9 Å². The predicted molar refractivity (Wildman–Crippen MR) is 176 cm³/mol. The van der Waals surface area contributed by atoms with Gasteiger partial charge in [-0.05, 0) is 65.6 Å². The molecule has 43 heavy (non-hydrogen) atoms. The van der Waals surface area contributed by atoms with Gasteiger partial charge in [0.1, 0.15) is 0 Å². The molecule has 1 aliphatic rings. The van der Waals surface area contributed by atoms with E-state index in [-0.39, 0.29) is 48.9 Å². The number of carbonyl (C=O) groups is 1. The maximum absolute atomic E-state index is 11.7. The fraction of sp³-hybridized carbons (Fsp3) is 0.447. The van der Waals surface area contributed by atoms with Crippen LogP contribution >= 0.6 is 0 Å². The molecule has 0 amide bonds. The minimum atomic E-state index is -0.160. The Labute approximate surface area is 271 Å². The summed E-state index contributed by atoms with van der Waals surface area (Å²) in [5.74, 6) is 1.19. The molecule has 1 N–H and O–H groups in total. The number of fused-ring (bicyclic) bond motifs is 4. The third-order valence-corrected chi connectivity index (χ3v) is 8.93. The van der Waals surface area contributed by atoms with Gasteiger partial charge in [0.2, 0.25) is 0 Å². The largest absolute Gasteiger partial charge is 0.512 e. The minimum absolute atomic E-state index is 0. The molecule has 2 aromatic carbocycles. The van der Waals surface area contributed by atoms with E-state index < -0.39 is 0 Å². The number of aromatic nitrogens is 2. The topological polar surface area (TPSA) is 63.1 Å². The van der Waals surface area contributed by atoms with E-state index in [1.807, 2.05) is 52.4 Å². The van der Waals surface area contributed by atoms with Crippen molar-refractivity contribution in [2.24, 2.45) is 17.8 Å². The summed E-state index contributed by atoms with van der Waals surface area (Å²) in [6.07, 6.45) is 12.0. The van der Waals surface area contributed by atoms with E-state index in [4.69, 9.17) is 4.98 Å². The van der Waals surface area contributed by atoms with E-state index in [9.17, 15) is 9.90 Å². The molecule has 2 aromatic heterocycles. The Bertz CT molecular complexity index is 1590. The van der Waals surface area contributed by atoms with Gasteiger partial charge in [0.25, 0.3) is 0 Å². The second-order valence-electron chi connectivity index (χ2n) is 12.6. The van der Waals surface area contributed by atoms with Crippen molar-refractivity contribution in [3.63, 3.8) is 0 Å². The quantitative estimate of drug-likeness (QED) is 0.105. The second kappa shape index (κ2) is 14.7. The molecule has 0 fully saturated rings. The van der Waals surface area contributed by atoms with Gasteiger partial charge in [0.05, 0.1) is 5.76 Å². The molecule has 0 spiro atoms. The standard InChI is InChI=1S/C25H23N2.C13H24O2.Ir/c1-15(2)10-16-8-9-17-13-27-24-19-7-5-6-18-12-26-14-21(22(18)19)25(3,4)23(24)20(17)11-16;1-5-10(6-2)12(14)9-13(15)11(7-3)8-4;/h5-6,8-9,11-15H,10H2,1-4H3;9-11,14H,5-8H2,1-4H3;/q-1;;/b;12-9-;. The molecule has 5 heteroatoms. The van der Waals surface area contributed by atoms with Gasteiger partial charge in [-0.2, -0.15) is 0 Å².